The first-order valence-electron chi connectivity index (χ1n) is 6.97. The van der Waals surface area contributed by atoms with Crippen LogP contribution in [0.4, 0.5) is 4.39 Å². The molecule has 0 aliphatic rings. The van der Waals surface area contributed by atoms with E-state index in [1.165, 1.54) is 30.3 Å². The van der Waals surface area contributed by atoms with Crippen LogP contribution < -0.4 is 0 Å². The summed E-state index contributed by atoms with van der Waals surface area (Å²) in [4.78, 5) is 16.7. The van der Waals surface area contributed by atoms with Gasteiger partial charge < -0.3 is 5.11 Å². The van der Waals surface area contributed by atoms with Crippen molar-refractivity contribution < 1.29 is 27.5 Å². The third kappa shape index (κ3) is 4.38. The van der Waals surface area contributed by atoms with Crippen LogP contribution in [0.15, 0.2) is 40.6 Å². The Morgan fingerprint density at radius 1 is 1.25 bits per heavy atom. The maximum Gasteiger partial charge on any atom is 0.321 e. The Labute approximate surface area is 143 Å². The number of rotatable bonds is 7. The van der Waals surface area contributed by atoms with Crippen molar-refractivity contribution in [2.24, 2.45) is 0 Å². The minimum absolute atomic E-state index is 0.0521. The molecule has 0 saturated carbocycles. The molecule has 24 heavy (non-hydrogen) atoms. The molecule has 0 aliphatic heterocycles. The van der Waals surface area contributed by atoms with Gasteiger partial charge in [0.1, 0.15) is 16.6 Å². The lowest BCUT2D eigenvalue weighted by Crippen LogP contribution is -2.37. The van der Waals surface area contributed by atoms with Crippen LogP contribution >= 0.6 is 11.3 Å². The molecule has 0 atom stereocenters. The van der Waals surface area contributed by atoms with Gasteiger partial charge in [-0.05, 0) is 43.7 Å². The van der Waals surface area contributed by atoms with E-state index in [-0.39, 0.29) is 10.0 Å². The molecule has 0 bridgehead atoms. The van der Waals surface area contributed by atoms with Gasteiger partial charge in [0.15, 0.2) is 0 Å². The van der Waals surface area contributed by atoms with Gasteiger partial charge in [0.2, 0.25) is 0 Å². The average molecular weight is 373 g/mol. The average Bonchev–Trinajstić information content (AvgIpc) is 2.97. The summed E-state index contributed by atoms with van der Waals surface area (Å²) in [5.41, 5.74) is 0.664. The molecule has 2 aromatic rings. The third-order valence-electron chi connectivity index (χ3n) is 2.83. The Balaban J connectivity index is 2.34. The van der Waals surface area contributed by atoms with Gasteiger partial charge in [0.25, 0.3) is 10.0 Å². The molecule has 0 saturated heterocycles. The molecule has 1 N–H and O–H groups in total. The molecule has 0 aliphatic carbocycles. The second-order valence-electron chi connectivity index (χ2n) is 5.14. The molecule has 0 amide bonds. The van der Waals surface area contributed by atoms with E-state index in [9.17, 15) is 17.6 Å². The number of benzene rings is 1. The molecule has 0 fully saturated rings. The van der Waals surface area contributed by atoms with E-state index >= 15 is 0 Å². The molecule has 1 aromatic heterocycles. The highest BCUT2D eigenvalue weighted by atomic mass is 32.2. The molecule has 0 spiro atoms. The number of hydrogen-bond donors (Lipinski definition) is 1. The molecule has 0 radical (unpaired) electrons. The highest BCUT2D eigenvalue weighted by Gasteiger charge is 2.30. The summed E-state index contributed by atoms with van der Waals surface area (Å²) in [6.07, 6.45) is -0.504. The van der Waals surface area contributed by atoms with Crippen molar-refractivity contribution in [2.45, 2.75) is 24.2 Å². The number of hydroxylamine groups is 1. The molecule has 0 unspecified atom stereocenters. The summed E-state index contributed by atoms with van der Waals surface area (Å²) in [6, 6.07) is 8.59. The number of carbonyl (C=O) groups is 1. The highest BCUT2D eigenvalue weighted by molar-refractivity contribution is 7.91. The first-order valence-corrected chi connectivity index (χ1v) is 9.23. The Hall–Kier alpha value is -1.81. The van der Waals surface area contributed by atoms with E-state index in [0.29, 0.717) is 14.9 Å². The lowest BCUT2D eigenvalue weighted by molar-refractivity contribution is -0.156. The minimum atomic E-state index is -4.11. The smallest absolute Gasteiger partial charge is 0.321 e. The van der Waals surface area contributed by atoms with Crippen LogP contribution in [0.1, 0.15) is 13.8 Å². The summed E-state index contributed by atoms with van der Waals surface area (Å²) in [5, 5.41) is 8.90. The summed E-state index contributed by atoms with van der Waals surface area (Å²) in [5.74, 6) is -1.71. The van der Waals surface area contributed by atoms with Crippen molar-refractivity contribution in [1.29, 1.82) is 0 Å². The Bertz CT molecular complexity index is 815. The van der Waals surface area contributed by atoms with Gasteiger partial charge in [-0.3, -0.25) is 9.63 Å². The maximum absolute atomic E-state index is 13.0. The van der Waals surface area contributed by atoms with Crippen LogP contribution in [0.5, 0.6) is 0 Å². The second-order valence-corrected chi connectivity index (χ2v) is 8.28. The molecular formula is C15H16FNO5S2. The van der Waals surface area contributed by atoms with Gasteiger partial charge in [-0.1, -0.05) is 16.6 Å². The van der Waals surface area contributed by atoms with Crippen molar-refractivity contribution in [3.63, 3.8) is 0 Å². The Morgan fingerprint density at radius 3 is 2.42 bits per heavy atom. The number of carboxylic acid groups (broad SMARTS) is 1. The molecule has 130 valence electrons. The fraction of sp³-hybridized carbons (Fsp3) is 0.267. The molecule has 1 aromatic carbocycles. The SMILES string of the molecule is CC(C)ON(CC(=O)O)S(=O)(=O)c1ccc(-c2ccc(F)cc2)s1. The highest BCUT2D eigenvalue weighted by Crippen LogP contribution is 2.32. The molecule has 6 nitrogen and oxygen atoms in total. The number of sulfonamides is 1. The maximum atomic E-state index is 13.0. The van der Waals surface area contributed by atoms with Crippen LogP contribution in [0.3, 0.4) is 0 Å². The number of aliphatic carboxylic acids is 1. The Kier molecular flexibility index (Phi) is 5.70. The van der Waals surface area contributed by atoms with Crippen LogP contribution in [0, 0.1) is 5.82 Å². The largest absolute Gasteiger partial charge is 0.480 e. The zero-order chi connectivity index (χ0) is 17.9. The number of halogens is 1. The van der Waals surface area contributed by atoms with Gasteiger partial charge in [0, 0.05) is 4.88 Å². The van der Waals surface area contributed by atoms with E-state index in [1.807, 2.05) is 0 Å². The quantitative estimate of drug-likeness (QED) is 0.755. The zero-order valence-corrected chi connectivity index (χ0v) is 14.6. The van der Waals surface area contributed by atoms with Crippen molar-refractivity contribution in [1.82, 2.24) is 4.47 Å². The van der Waals surface area contributed by atoms with Crippen molar-refractivity contribution in [3.05, 3.63) is 42.2 Å². The van der Waals surface area contributed by atoms with E-state index < -0.39 is 28.6 Å². The summed E-state index contributed by atoms with van der Waals surface area (Å²) >= 11 is 0.956. The zero-order valence-electron chi connectivity index (χ0n) is 13.0. The summed E-state index contributed by atoms with van der Waals surface area (Å²) in [7, 11) is -4.11. The normalized spacial score (nSPS) is 12.0. The van der Waals surface area contributed by atoms with Crippen molar-refractivity contribution >= 4 is 27.3 Å². The van der Waals surface area contributed by atoms with Crippen molar-refractivity contribution in [2.75, 3.05) is 6.54 Å². The second kappa shape index (κ2) is 7.39. The lowest BCUT2D eigenvalue weighted by atomic mass is 10.2. The van der Waals surface area contributed by atoms with Crippen LogP contribution in [0.25, 0.3) is 10.4 Å². The monoisotopic (exact) mass is 373 g/mol. The predicted molar refractivity (Wildman–Crippen MR) is 87.5 cm³/mol. The predicted octanol–water partition coefficient (Wildman–Crippen LogP) is 2.97. The standard InChI is InChI=1S/C15H16FNO5S2/c1-10(2)22-17(9-14(18)19)24(20,21)15-8-7-13(23-15)11-3-5-12(16)6-4-11/h3-8,10H,9H2,1-2H3,(H,18,19). The van der Waals surface area contributed by atoms with Crippen LogP contribution in [0.2, 0.25) is 0 Å². The van der Waals surface area contributed by atoms with Gasteiger partial charge >= 0.3 is 5.97 Å². The number of carboxylic acids is 1. The van der Waals surface area contributed by atoms with Gasteiger partial charge in [-0.25, -0.2) is 12.8 Å². The molecule has 2 rings (SSSR count). The molecule has 1 heterocycles. The minimum Gasteiger partial charge on any atom is -0.480 e. The van der Waals surface area contributed by atoms with E-state index in [1.54, 1.807) is 19.9 Å². The lowest BCUT2D eigenvalue weighted by Gasteiger charge is -2.21. The van der Waals surface area contributed by atoms with Gasteiger partial charge in [-0.2, -0.15) is 0 Å². The van der Waals surface area contributed by atoms with E-state index in [2.05, 4.69) is 0 Å². The van der Waals surface area contributed by atoms with Gasteiger partial charge in [0.05, 0.1) is 6.10 Å². The molecular weight excluding hydrogens is 357 g/mol. The fourth-order valence-corrected chi connectivity index (χ4v) is 4.54. The first-order chi connectivity index (χ1) is 11.2. The van der Waals surface area contributed by atoms with Gasteiger partial charge in [-0.15, -0.1) is 11.3 Å². The number of nitrogens with zero attached hydrogens (tertiary/aromatic N) is 1. The van der Waals surface area contributed by atoms with Crippen LogP contribution in [-0.2, 0) is 19.7 Å². The fourth-order valence-electron chi connectivity index (χ4n) is 1.85. The number of thiophene rings is 1. The van der Waals surface area contributed by atoms with Crippen LogP contribution in [-0.4, -0.2) is 36.6 Å². The van der Waals surface area contributed by atoms with Crippen molar-refractivity contribution in [3.8, 4) is 10.4 Å². The Morgan fingerprint density at radius 2 is 1.88 bits per heavy atom. The van der Waals surface area contributed by atoms with E-state index in [4.69, 9.17) is 9.94 Å². The summed E-state index contributed by atoms with van der Waals surface area (Å²) in [6.45, 7) is 2.40. The third-order valence-corrected chi connectivity index (χ3v) is 6.03. The molecule has 9 heteroatoms. The number of hydrogen-bond acceptors (Lipinski definition) is 5. The summed E-state index contributed by atoms with van der Waals surface area (Å²) < 4.78 is 38.6. The topological polar surface area (TPSA) is 83.9 Å². The van der Waals surface area contributed by atoms with E-state index in [0.717, 1.165) is 11.3 Å². The first kappa shape index (κ1) is 18.5.